The Hall–Kier alpha value is -0.340. The number of nitrogens with zero attached hydrogens (tertiary/aromatic N) is 2. The Kier molecular flexibility index (Phi) is 9.70. The van der Waals surface area contributed by atoms with Gasteiger partial charge in [0.1, 0.15) is 0 Å². The Bertz CT molecular complexity index is 468. The molecule has 6 heteroatoms. The third-order valence-electron chi connectivity index (χ3n) is 6.13. The van der Waals surface area contributed by atoms with Crippen molar-refractivity contribution in [1.82, 2.24) is 15.5 Å². The maximum Gasteiger partial charge on any atom is 0.191 e. The third-order valence-corrected chi connectivity index (χ3v) is 6.13. The van der Waals surface area contributed by atoms with E-state index in [1.54, 1.807) is 5.57 Å². The number of allylic oxidation sites excluding steroid dienone is 1. The molecular formula is C20H37IN4O. The van der Waals surface area contributed by atoms with E-state index in [0.29, 0.717) is 0 Å². The number of aliphatic imine (C=N–C) groups is 1. The second-order valence-electron chi connectivity index (χ2n) is 7.74. The molecule has 0 aromatic rings. The third kappa shape index (κ3) is 6.09. The summed E-state index contributed by atoms with van der Waals surface area (Å²) in [6.07, 6.45) is 13.8. The van der Waals surface area contributed by atoms with E-state index in [1.165, 1.54) is 51.6 Å². The minimum atomic E-state index is 0. The van der Waals surface area contributed by atoms with Crippen LogP contribution in [-0.4, -0.2) is 62.8 Å². The molecule has 0 atom stereocenters. The summed E-state index contributed by atoms with van der Waals surface area (Å²) in [5.41, 5.74) is 1.87. The van der Waals surface area contributed by atoms with Crippen molar-refractivity contribution in [1.29, 1.82) is 0 Å². The van der Waals surface area contributed by atoms with Gasteiger partial charge in [0.2, 0.25) is 0 Å². The van der Waals surface area contributed by atoms with Crippen LogP contribution < -0.4 is 10.6 Å². The van der Waals surface area contributed by atoms with E-state index < -0.39 is 0 Å². The molecule has 0 aromatic carbocycles. The Morgan fingerprint density at radius 2 is 1.92 bits per heavy atom. The molecule has 0 spiro atoms. The summed E-state index contributed by atoms with van der Waals surface area (Å²) in [5.74, 6) is 0.946. The smallest absolute Gasteiger partial charge is 0.191 e. The van der Waals surface area contributed by atoms with Gasteiger partial charge in [-0.05, 0) is 70.9 Å². The molecule has 0 amide bonds. The van der Waals surface area contributed by atoms with Crippen molar-refractivity contribution in [2.24, 2.45) is 4.99 Å². The lowest BCUT2D eigenvalue weighted by atomic mass is 9.88. The fourth-order valence-corrected chi connectivity index (χ4v) is 4.49. The van der Waals surface area contributed by atoms with E-state index >= 15 is 0 Å². The molecule has 2 saturated heterocycles. The molecule has 3 aliphatic rings. The van der Waals surface area contributed by atoms with E-state index in [1.807, 2.05) is 7.05 Å². The maximum atomic E-state index is 5.64. The van der Waals surface area contributed by atoms with Crippen molar-refractivity contribution in [3.05, 3.63) is 11.6 Å². The number of halogens is 1. The normalized spacial score (nSPS) is 23.9. The summed E-state index contributed by atoms with van der Waals surface area (Å²) < 4.78 is 5.64. The van der Waals surface area contributed by atoms with Gasteiger partial charge >= 0.3 is 0 Å². The van der Waals surface area contributed by atoms with E-state index in [9.17, 15) is 0 Å². The van der Waals surface area contributed by atoms with Crippen LogP contribution in [0.5, 0.6) is 0 Å². The second kappa shape index (κ2) is 11.5. The first kappa shape index (κ1) is 22.0. The van der Waals surface area contributed by atoms with Crippen LogP contribution in [-0.2, 0) is 4.74 Å². The first-order valence-corrected chi connectivity index (χ1v) is 10.3. The number of nitrogens with one attached hydrogen (secondary N) is 2. The van der Waals surface area contributed by atoms with Gasteiger partial charge in [0.05, 0.1) is 0 Å². The zero-order chi connectivity index (χ0) is 17.4. The van der Waals surface area contributed by atoms with Crippen molar-refractivity contribution < 1.29 is 4.74 Å². The van der Waals surface area contributed by atoms with Gasteiger partial charge in [0, 0.05) is 38.9 Å². The van der Waals surface area contributed by atoms with Crippen LogP contribution in [0, 0.1) is 0 Å². The van der Waals surface area contributed by atoms with Crippen LogP contribution in [0.25, 0.3) is 0 Å². The van der Waals surface area contributed by atoms with E-state index in [0.717, 1.165) is 51.5 Å². The summed E-state index contributed by atoms with van der Waals surface area (Å²) in [7, 11) is 1.88. The Balaban J connectivity index is 0.00000243. The summed E-state index contributed by atoms with van der Waals surface area (Å²) >= 11 is 0. The van der Waals surface area contributed by atoms with Gasteiger partial charge < -0.3 is 15.4 Å². The van der Waals surface area contributed by atoms with Gasteiger partial charge in [0.25, 0.3) is 0 Å². The van der Waals surface area contributed by atoms with Crippen LogP contribution in [0.2, 0.25) is 0 Å². The quantitative estimate of drug-likeness (QED) is 0.267. The zero-order valence-corrected chi connectivity index (χ0v) is 18.7. The number of hydrogen-bond donors (Lipinski definition) is 2. The lowest BCUT2D eigenvalue weighted by Gasteiger charge is -2.45. The molecule has 2 fully saturated rings. The first-order chi connectivity index (χ1) is 12.3. The van der Waals surface area contributed by atoms with Gasteiger partial charge in [-0.25, -0.2) is 0 Å². The molecule has 26 heavy (non-hydrogen) atoms. The monoisotopic (exact) mass is 476 g/mol. The van der Waals surface area contributed by atoms with Crippen molar-refractivity contribution in [2.45, 2.75) is 63.3 Å². The van der Waals surface area contributed by atoms with E-state index in [2.05, 4.69) is 26.6 Å². The maximum absolute atomic E-state index is 5.64. The second-order valence-corrected chi connectivity index (χ2v) is 7.74. The molecule has 2 heterocycles. The Morgan fingerprint density at radius 3 is 2.58 bits per heavy atom. The highest BCUT2D eigenvalue weighted by atomic mass is 127. The predicted octanol–water partition coefficient (Wildman–Crippen LogP) is 3.30. The number of rotatable bonds is 6. The number of ether oxygens (including phenoxy) is 1. The summed E-state index contributed by atoms with van der Waals surface area (Å²) in [6.45, 7) is 6.20. The van der Waals surface area contributed by atoms with Crippen LogP contribution in [0.1, 0.15) is 57.8 Å². The first-order valence-electron chi connectivity index (χ1n) is 10.3. The van der Waals surface area contributed by atoms with Gasteiger partial charge in [0.15, 0.2) is 5.96 Å². The lowest BCUT2D eigenvalue weighted by Crippen LogP contribution is -2.58. The van der Waals surface area contributed by atoms with E-state index in [-0.39, 0.29) is 29.5 Å². The molecule has 3 rings (SSSR count). The Labute approximate surface area is 176 Å². The fraction of sp³-hybridized carbons (Fsp3) is 0.850. The summed E-state index contributed by atoms with van der Waals surface area (Å²) in [6, 6.07) is 0. The summed E-state index contributed by atoms with van der Waals surface area (Å²) in [5, 5.41) is 7.13. The fourth-order valence-electron chi connectivity index (χ4n) is 4.49. The number of hydrogen-bond acceptors (Lipinski definition) is 3. The van der Waals surface area contributed by atoms with Gasteiger partial charge in [-0.1, -0.05) is 11.6 Å². The average molecular weight is 476 g/mol. The van der Waals surface area contributed by atoms with Crippen molar-refractivity contribution in [3.63, 3.8) is 0 Å². The molecule has 150 valence electrons. The van der Waals surface area contributed by atoms with Crippen LogP contribution in [0.15, 0.2) is 16.6 Å². The molecule has 0 unspecified atom stereocenters. The van der Waals surface area contributed by atoms with Gasteiger partial charge in [-0.15, -0.1) is 24.0 Å². The zero-order valence-electron chi connectivity index (χ0n) is 16.4. The van der Waals surface area contributed by atoms with Crippen molar-refractivity contribution in [3.8, 4) is 0 Å². The van der Waals surface area contributed by atoms with E-state index in [4.69, 9.17) is 4.74 Å². The van der Waals surface area contributed by atoms with Crippen molar-refractivity contribution in [2.75, 3.05) is 46.4 Å². The minimum absolute atomic E-state index is 0. The molecule has 5 nitrogen and oxygen atoms in total. The van der Waals surface area contributed by atoms with Crippen LogP contribution in [0.3, 0.4) is 0 Å². The molecular weight excluding hydrogens is 439 g/mol. The molecule has 1 aliphatic carbocycles. The topological polar surface area (TPSA) is 48.9 Å². The number of likely N-dealkylation sites (tertiary alicyclic amines) is 1. The molecule has 0 saturated carbocycles. The van der Waals surface area contributed by atoms with Gasteiger partial charge in [-0.2, -0.15) is 0 Å². The molecule has 2 N–H and O–H groups in total. The lowest BCUT2D eigenvalue weighted by molar-refractivity contribution is -0.0164. The standard InChI is InChI=1S/C20H36N4O.HI/c1-21-19(22-12-9-18-7-3-2-4-8-18)23-17-20(10-15-25-16-11-20)24-13-5-6-14-24;/h7H,2-6,8-17H2,1H3,(H2,21,22,23);1H. The largest absolute Gasteiger partial charge is 0.381 e. The summed E-state index contributed by atoms with van der Waals surface area (Å²) in [4.78, 5) is 7.14. The molecule has 0 radical (unpaired) electrons. The average Bonchev–Trinajstić information content (AvgIpc) is 3.21. The van der Waals surface area contributed by atoms with Crippen molar-refractivity contribution >= 4 is 29.9 Å². The highest BCUT2D eigenvalue weighted by molar-refractivity contribution is 14.0. The molecule has 0 aromatic heterocycles. The molecule has 2 aliphatic heterocycles. The Morgan fingerprint density at radius 1 is 1.15 bits per heavy atom. The van der Waals surface area contributed by atoms with Crippen LogP contribution in [0.4, 0.5) is 0 Å². The SMILES string of the molecule is CN=C(NCCC1=CCCCC1)NCC1(N2CCCC2)CCOCC1.I. The predicted molar refractivity (Wildman–Crippen MR) is 120 cm³/mol. The minimum Gasteiger partial charge on any atom is -0.381 e. The molecule has 0 bridgehead atoms. The van der Waals surface area contributed by atoms with Crippen LogP contribution >= 0.6 is 24.0 Å². The highest BCUT2D eigenvalue weighted by Crippen LogP contribution is 2.30. The highest BCUT2D eigenvalue weighted by Gasteiger charge is 2.39. The van der Waals surface area contributed by atoms with Gasteiger partial charge in [-0.3, -0.25) is 9.89 Å². The number of guanidine groups is 1.